The van der Waals surface area contributed by atoms with Crippen molar-refractivity contribution in [3.8, 4) is 0 Å². The Morgan fingerprint density at radius 1 is 1.50 bits per heavy atom. The fourth-order valence-corrected chi connectivity index (χ4v) is 2.09. The Morgan fingerprint density at radius 3 is 2.61 bits per heavy atom. The molecule has 6 heteroatoms. The lowest BCUT2D eigenvalue weighted by Gasteiger charge is -2.27. The minimum Gasteiger partial charge on any atom is -0.481 e. The maximum atomic E-state index is 12.2. The maximum absolute atomic E-state index is 12.2. The first-order valence-corrected chi connectivity index (χ1v) is 6.21. The van der Waals surface area contributed by atoms with Crippen LogP contribution in [0, 0.1) is 5.41 Å². The molecular formula is C12H22N2O4. The van der Waals surface area contributed by atoms with Crippen molar-refractivity contribution in [2.45, 2.75) is 20.3 Å². The second kappa shape index (κ2) is 6.04. The third kappa shape index (κ3) is 3.13. The minimum absolute atomic E-state index is 0.0977. The van der Waals surface area contributed by atoms with Crippen LogP contribution in [0.4, 0.5) is 4.79 Å². The highest BCUT2D eigenvalue weighted by atomic mass is 16.5. The first kappa shape index (κ1) is 14.8. The Bertz CT molecular complexity index is 321. The van der Waals surface area contributed by atoms with Crippen LogP contribution in [0.25, 0.3) is 0 Å². The predicted octanol–water partition coefficient (Wildman–Crippen LogP) is 0.871. The summed E-state index contributed by atoms with van der Waals surface area (Å²) in [6, 6.07) is -0.0977. The highest BCUT2D eigenvalue weighted by Crippen LogP contribution is 2.30. The van der Waals surface area contributed by atoms with Gasteiger partial charge in [0, 0.05) is 33.3 Å². The van der Waals surface area contributed by atoms with Gasteiger partial charge in [0.15, 0.2) is 0 Å². The third-order valence-corrected chi connectivity index (χ3v) is 3.48. The molecule has 0 radical (unpaired) electrons. The molecule has 0 bridgehead atoms. The van der Waals surface area contributed by atoms with Gasteiger partial charge in [0.25, 0.3) is 0 Å². The quantitative estimate of drug-likeness (QED) is 0.794. The number of methoxy groups -OCH3 is 1. The van der Waals surface area contributed by atoms with Crippen LogP contribution in [0.15, 0.2) is 0 Å². The van der Waals surface area contributed by atoms with Crippen LogP contribution in [0.5, 0.6) is 0 Å². The number of nitrogens with zero attached hydrogens (tertiary/aromatic N) is 2. The van der Waals surface area contributed by atoms with E-state index < -0.39 is 11.4 Å². The largest absolute Gasteiger partial charge is 0.481 e. The molecule has 104 valence electrons. The van der Waals surface area contributed by atoms with Crippen LogP contribution in [0.2, 0.25) is 0 Å². The Morgan fingerprint density at radius 2 is 2.17 bits per heavy atom. The zero-order chi connectivity index (χ0) is 13.8. The Kier molecular flexibility index (Phi) is 4.95. The zero-order valence-corrected chi connectivity index (χ0v) is 11.3. The maximum Gasteiger partial charge on any atom is 0.320 e. The topological polar surface area (TPSA) is 70.1 Å². The smallest absolute Gasteiger partial charge is 0.320 e. The van der Waals surface area contributed by atoms with Crippen LogP contribution < -0.4 is 0 Å². The Balaban J connectivity index is 2.60. The van der Waals surface area contributed by atoms with E-state index in [2.05, 4.69) is 0 Å². The van der Waals surface area contributed by atoms with E-state index in [1.54, 1.807) is 23.8 Å². The first-order chi connectivity index (χ1) is 8.44. The van der Waals surface area contributed by atoms with Gasteiger partial charge in [-0.1, -0.05) is 0 Å². The monoisotopic (exact) mass is 258 g/mol. The van der Waals surface area contributed by atoms with Crippen LogP contribution in [-0.4, -0.2) is 66.8 Å². The Labute approximate surface area is 107 Å². The molecule has 1 unspecified atom stereocenters. The molecule has 1 aliphatic heterocycles. The van der Waals surface area contributed by atoms with Crippen LogP contribution >= 0.6 is 0 Å². The molecule has 1 rings (SSSR count). The zero-order valence-electron chi connectivity index (χ0n) is 11.3. The van der Waals surface area contributed by atoms with Crippen molar-refractivity contribution < 1.29 is 19.4 Å². The number of amides is 2. The summed E-state index contributed by atoms with van der Waals surface area (Å²) in [5, 5.41) is 9.14. The molecule has 0 spiro atoms. The lowest BCUT2D eigenvalue weighted by atomic mass is 9.90. The normalized spacial score (nSPS) is 23.2. The summed E-state index contributed by atoms with van der Waals surface area (Å²) in [6.45, 7) is 6.00. The number of likely N-dealkylation sites (tertiary alicyclic amines) is 1. The highest BCUT2D eigenvalue weighted by molar-refractivity contribution is 5.79. The van der Waals surface area contributed by atoms with Gasteiger partial charge in [-0.3, -0.25) is 4.79 Å². The van der Waals surface area contributed by atoms with Gasteiger partial charge in [-0.25, -0.2) is 4.79 Å². The van der Waals surface area contributed by atoms with Crippen molar-refractivity contribution in [3.05, 3.63) is 0 Å². The number of carbonyl (C=O) groups excluding carboxylic acids is 1. The van der Waals surface area contributed by atoms with E-state index >= 15 is 0 Å². The van der Waals surface area contributed by atoms with Gasteiger partial charge in [0.2, 0.25) is 0 Å². The summed E-state index contributed by atoms with van der Waals surface area (Å²) in [7, 11) is 1.59. The van der Waals surface area contributed by atoms with Gasteiger partial charge in [-0.2, -0.15) is 0 Å². The lowest BCUT2D eigenvalue weighted by molar-refractivity contribution is -0.147. The SMILES string of the molecule is CCN(CCOC)C(=O)N1CCC(C)(C(=O)O)C1. The molecule has 0 saturated carbocycles. The minimum atomic E-state index is -0.835. The summed E-state index contributed by atoms with van der Waals surface area (Å²) in [5.74, 6) is -0.835. The molecule has 1 aliphatic rings. The molecule has 0 aromatic heterocycles. The molecule has 1 atom stereocenters. The molecule has 2 amide bonds. The van der Waals surface area contributed by atoms with Crippen molar-refractivity contribution in [2.75, 3.05) is 39.9 Å². The number of rotatable bonds is 5. The van der Waals surface area contributed by atoms with E-state index in [1.807, 2.05) is 6.92 Å². The van der Waals surface area contributed by atoms with E-state index in [4.69, 9.17) is 9.84 Å². The van der Waals surface area contributed by atoms with Gasteiger partial charge in [0.1, 0.15) is 0 Å². The summed E-state index contributed by atoms with van der Waals surface area (Å²) in [5.41, 5.74) is -0.809. The fraction of sp³-hybridized carbons (Fsp3) is 0.833. The average molecular weight is 258 g/mol. The molecule has 0 aromatic carbocycles. The van der Waals surface area contributed by atoms with Gasteiger partial charge >= 0.3 is 12.0 Å². The molecule has 18 heavy (non-hydrogen) atoms. The number of likely N-dealkylation sites (N-methyl/N-ethyl adjacent to an activating group) is 1. The lowest BCUT2D eigenvalue weighted by Crippen LogP contribution is -2.44. The molecule has 1 fully saturated rings. The number of urea groups is 1. The van der Waals surface area contributed by atoms with Gasteiger partial charge < -0.3 is 19.6 Å². The van der Waals surface area contributed by atoms with E-state index in [9.17, 15) is 9.59 Å². The van der Waals surface area contributed by atoms with Crippen molar-refractivity contribution in [2.24, 2.45) is 5.41 Å². The van der Waals surface area contributed by atoms with Crippen LogP contribution in [-0.2, 0) is 9.53 Å². The number of carbonyl (C=O) groups is 2. The second-order valence-corrected chi connectivity index (χ2v) is 4.89. The molecule has 1 N–H and O–H groups in total. The summed E-state index contributed by atoms with van der Waals surface area (Å²) >= 11 is 0. The number of hydrogen-bond donors (Lipinski definition) is 1. The summed E-state index contributed by atoms with van der Waals surface area (Å²) in [6.07, 6.45) is 0.510. The van der Waals surface area contributed by atoms with Gasteiger partial charge in [-0.15, -0.1) is 0 Å². The molecule has 0 aliphatic carbocycles. The van der Waals surface area contributed by atoms with E-state index in [1.165, 1.54) is 0 Å². The highest BCUT2D eigenvalue weighted by Gasteiger charge is 2.42. The van der Waals surface area contributed by atoms with Crippen LogP contribution in [0.1, 0.15) is 20.3 Å². The number of hydrogen-bond acceptors (Lipinski definition) is 3. The van der Waals surface area contributed by atoms with Crippen molar-refractivity contribution >= 4 is 12.0 Å². The third-order valence-electron chi connectivity index (χ3n) is 3.48. The number of aliphatic carboxylic acids is 1. The van der Waals surface area contributed by atoms with Crippen molar-refractivity contribution in [1.29, 1.82) is 0 Å². The second-order valence-electron chi connectivity index (χ2n) is 4.89. The fourth-order valence-electron chi connectivity index (χ4n) is 2.09. The molecular weight excluding hydrogens is 236 g/mol. The summed E-state index contributed by atoms with van der Waals surface area (Å²) in [4.78, 5) is 26.6. The number of ether oxygens (including phenoxy) is 1. The first-order valence-electron chi connectivity index (χ1n) is 6.21. The Hall–Kier alpha value is -1.30. The van der Waals surface area contributed by atoms with Crippen molar-refractivity contribution in [3.63, 3.8) is 0 Å². The van der Waals surface area contributed by atoms with E-state index in [0.29, 0.717) is 32.7 Å². The van der Waals surface area contributed by atoms with Gasteiger partial charge in [0.05, 0.1) is 12.0 Å². The van der Waals surface area contributed by atoms with E-state index in [0.717, 1.165) is 0 Å². The van der Waals surface area contributed by atoms with Gasteiger partial charge in [-0.05, 0) is 20.3 Å². The molecule has 0 aromatic rings. The molecule has 6 nitrogen and oxygen atoms in total. The standard InChI is InChI=1S/C12H22N2O4/c1-4-13(7-8-18-3)11(17)14-6-5-12(2,9-14)10(15)16/h4-9H2,1-3H3,(H,15,16). The molecule has 1 heterocycles. The van der Waals surface area contributed by atoms with Crippen LogP contribution in [0.3, 0.4) is 0 Å². The summed E-state index contributed by atoms with van der Waals surface area (Å²) < 4.78 is 4.96. The van der Waals surface area contributed by atoms with E-state index in [-0.39, 0.29) is 12.6 Å². The molecule has 1 saturated heterocycles. The van der Waals surface area contributed by atoms with Crippen molar-refractivity contribution in [1.82, 2.24) is 9.80 Å². The average Bonchev–Trinajstić information content (AvgIpc) is 2.74. The number of carboxylic acids is 1. The predicted molar refractivity (Wildman–Crippen MR) is 66.5 cm³/mol. The number of carboxylic acid groups (broad SMARTS) is 1.